The zero-order valence-electron chi connectivity index (χ0n) is 16.4. The molecule has 0 N–H and O–H groups in total. The van der Waals surface area contributed by atoms with E-state index in [9.17, 15) is 0 Å². The fourth-order valence-electron chi connectivity index (χ4n) is 2.29. The quantitative estimate of drug-likeness (QED) is 0.119. The zero-order chi connectivity index (χ0) is 17.1. The monoisotopic (exact) mass is 426 g/mol. The Balaban J connectivity index is 0. The normalized spacial score (nSPS) is 11.2. The molecule has 0 amide bonds. The third-order valence-corrected chi connectivity index (χ3v) is 4.25. The SMILES string of the molecule is CCCCCCCCCCCCCCCCI.C[N+](C)(C)C. The predicted molar refractivity (Wildman–Crippen MR) is 113 cm³/mol. The van der Waals surface area contributed by atoms with Crippen molar-refractivity contribution in [2.45, 2.75) is 96.8 Å². The molecule has 0 aromatic rings. The first-order valence-electron chi connectivity index (χ1n) is 9.76. The van der Waals surface area contributed by atoms with Gasteiger partial charge in [-0.05, 0) is 10.8 Å². The first kappa shape index (κ1) is 24.9. The molecule has 0 atom stereocenters. The molecule has 0 aliphatic rings. The van der Waals surface area contributed by atoms with E-state index in [0.29, 0.717) is 0 Å². The molecule has 0 fully saturated rings. The van der Waals surface area contributed by atoms with Gasteiger partial charge in [0, 0.05) is 0 Å². The van der Waals surface area contributed by atoms with Gasteiger partial charge in [0.1, 0.15) is 0 Å². The number of hydrogen-bond donors (Lipinski definition) is 0. The molecule has 136 valence electrons. The third-order valence-electron chi connectivity index (χ3n) is 3.49. The van der Waals surface area contributed by atoms with Crippen LogP contribution in [0.2, 0.25) is 0 Å². The summed E-state index contributed by atoms with van der Waals surface area (Å²) < 4.78 is 2.34. The molecule has 2 heteroatoms. The van der Waals surface area contributed by atoms with Crippen LogP contribution in [0, 0.1) is 0 Å². The lowest BCUT2D eigenvalue weighted by atomic mass is 10.0. The highest BCUT2D eigenvalue weighted by Crippen LogP contribution is 2.13. The number of unbranched alkanes of at least 4 members (excludes halogenated alkanes) is 13. The molecule has 0 saturated heterocycles. The van der Waals surface area contributed by atoms with Gasteiger partial charge in [-0.25, -0.2) is 0 Å². The van der Waals surface area contributed by atoms with Crippen molar-refractivity contribution in [2.75, 3.05) is 32.6 Å². The van der Waals surface area contributed by atoms with Crippen molar-refractivity contribution in [3.63, 3.8) is 0 Å². The summed E-state index contributed by atoms with van der Waals surface area (Å²) in [4.78, 5) is 0. The Morgan fingerprint density at radius 1 is 0.500 bits per heavy atom. The maximum absolute atomic E-state index is 2.48. The lowest BCUT2D eigenvalue weighted by Gasteiger charge is -2.14. The number of nitrogens with zero attached hydrogens (tertiary/aromatic N) is 1. The van der Waals surface area contributed by atoms with Gasteiger partial charge in [-0.2, -0.15) is 0 Å². The summed E-state index contributed by atoms with van der Waals surface area (Å²) in [6, 6.07) is 0. The highest BCUT2D eigenvalue weighted by atomic mass is 127. The second kappa shape index (κ2) is 19.7. The summed E-state index contributed by atoms with van der Waals surface area (Å²) >= 11 is 2.48. The fraction of sp³-hybridized carbons (Fsp3) is 1.00. The molecule has 0 bridgehead atoms. The Bertz CT molecular complexity index is 167. The van der Waals surface area contributed by atoms with E-state index in [1.54, 1.807) is 0 Å². The Kier molecular flexibility index (Phi) is 22.4. The van der Waals surface area contributed by atoms with Crippen molar-refractivity contribution < 1.29 is 4.48 Å². The van der Waals surface area contributed by atoms with Gasteiger partial charge in [0.15, 0.2) is 0 Å². The Hall–Kier alpha value is 0.690. The maximum atomic E-state index is 2.48. The first-order chi connectivity index (χ1) is 10.4. The van der Waals surface area contributed by atoms with Crippen LogP contribution in [-0.2, 0) is 0 Å². The van der Waals surface area contributed by atoms with Gasteiger partial charge in [-0.1, -0.05) is 113 Å². The summed E-state index contributed by atoms with van der Waals surface area (Å²) in [6.07, 6.45) is 20.5. The van der Waals surface area contributed by atoms with Gasteiger partial charge in [0.25, 0.3) is 0 Å². The van der Waals surface area contributed by atoms with Crippen molar-refractivity contribution in [2.24, 2.45) is 0 Å². The average molecular weight is 426 g/mol. The minimum Gasteiger partial charge on any atom is -0.333 e. The summed E-state index contributed by atoms with van der Waals surface area (Å²) in [5.74, 6) is 0. The molecule has 0 unspecified atom stereocenters. The van der Waals surface area contributed by atoms with E-state index in [2.05, 4.69) is 57.7 Å². The molecule has 0 rings (SSSR count). The standard InChI is InChI=1S/C16H33I.C4H12N/c1-2-3-4-5-6-7-8-9-10-11-12-13-14-15-16-17;1-5(2,3)4/h2-16H2,1H3;1-4H3/q;+1. The molecule has 0 aromatic carbocycles. The van der Waals surface area contributed by atoms with Crippen LogP contribution in [0.15, 0.2) is 0 Å². The van der Waals surface area contributed by atoms with Gasteiger partial charge in [0.2, 0.25) is 0 Å². The van der Waals surface area contributed by atoms with E-state index in [-0.39, 0.29) is 0 Å². The van der Waals surface area contributed by atoms with Gasteiger partial charge in [0.05, 0.1) is 28.2 Å². The van der Waals surface area contributed by atoms with E-state index in [0.717, 1.165) is 4.48 Å². The minimum absolute atomic E-state index is 1.00. The number of quaternary nitrogens is 1. The molecule has 0 heterocycles. The van der Waals surface area contributed by atoms with Crippen molar-refractivity contribution in [3.8, 4) is 0 Å². The van der Waals surface area contributed by atoms with E-state index in [1.165, 1.54) is 94.3 Å². The molecule has 0 spiro atoms. The second-order valence-electron chi connectivity index (χ2n) is 7.97. The maximum Gasteiger partial charge on any atom is 0.0675 e. The molecule has 1 nitrogen and oxygen atoms in total. The largest absolute Gasteiger partial charge is 0.333 e. The second-order valence-corrected chi connectivity index (χ2v) is 9.05. The Morgan fingerprint density at radius 2 is 0.727 bits per heavy atom. The van der Waals surface area contributed by atoms with Crippen LogP contribution in [0.3, 0.4) is 0 Å². The first-order valence-corrected chi connectivity index (χ1v) is 11.3. The van der Waals surface area contributed by atoms with Gasteiger partial charge in [-0.3, -0.25) is 0 Å². The van der Waals surface area contributed by atoms with Crippen LogP contribution in [0.1, 0.15) is 96.8 Å². The average Bonchev–Trinajstić information content (AvgIpc) is 2.42. The molecular weight excluding hydrogens is 381 g/mol. The molecular formula is C20H45IN+. The Labute approximate surface area is 156 Å². The van der Waals surface area contributed by atoms with Crippen LogP contribution in [0.5, 0.6) is 0 Å². The van der Waals surface area contributed by atoms with Gasteiger partial charge >= 0.3 is 0 Å². The lowest BCUT2D eigenvalue weighted by Crippen LogP contribution is -2.27. The number of rotatable bonds is 14. The highest BCUT2D eigenvalue weighted by Gasteiger charge is 1.93. The predicted octanol–water partition coefficient (Wildman–Crippen LogP) is 7.23. The van der Waals surface area contributed by atoms with E-state index in [1.807, 2.05) is 0 Å². The summed E-state index contributed by atoms with van der Waals surface area (Å²) in [7, 11) is 8.50. The Morgan fingerprint density at radius 3 is 0.955 bits per heavy atom. The number of hydrogen-bond acceptors (Lipinski definition) is 0. The van der Waals surface area contributed by atoms with E-state index in [4.69, 9.17) is 0 Å². The molecule has 0 aliphatic carbocycles. The van der Waals surface area contributed by atoms with Gasteiger partial charge < -0.3 is 4.48 Å². The van der Waals surface area contributed by atoms with Crippen LogP contribution in [-0.4, -0.2) is 37.1 Å². The van der Waals surface area contributed by atoms with E-state index >= 15 is 0 Å². The van der Waals surface area contributed by atoms with Crippen LogP contribution < -0.4 is 0 Å². The van der Waals surface area contributed by atoms with Crippen molar-refractivity contribution in [3.05, 3.63) is 0 Å². The fourth-order valence-corrected chi connectivity index (χ4v) is 2.83. The van der Waals surface area contributed by atoms with Crippen molar-refractivity contribution in [1.29, 1.82) is 0 Å². The summed E-state index contributed by atoms with van der Waals surface area (Å²) in [6.45, 7) is 2.29. The van der Waals surface area contributed by atoms with Crippen LogP contribution in [0.25, 0.3) is 0 Å². The molecule has 0 aromatic heterocycles. The zero-order valence-corrected chi connectivity index (χ0v) is 18.6. The van der Waals surface area contributed by atoms with Crippen LogP contribution >= 0.6 is 22.6 Å². The third kappa shape index (κ3) is 37.2. The van der Waals surface area contributed by atoms with Crippen molar-refractivity contribution in [1.82, 2.24) is 0 Å². The summed E-state index contributed by atoms with van der Waals surface area (Å²) in [5, 5.41) is 0. The lowest BCUT2D eigenvalue weighted by molar-refractivity contribution is -0.849. The minimum atomic E-state index is 1.00. The molecule has 22 heavy (non-hydrogen) atoms. The topological polar surface area (TPSA) is 0 Å². The number of alkyl halides is 1. The number of halogens is 1. The highest BCUT2D eigenvalue weighted by molar-refractivity contribution is 14.1. The van der Waals surface area contributed by atoms with Crippen molar-refractivity contribution >= 4 is 22.6 Å². The molecule has 0 aliphatic heterocycles. The van der Waals surface area contributed by atoms with Crippen LogP contribution in [0.4, 0.5) is 0 Å². The smallest absolute Gasteiger partial charge is 0.0675 e. The van der Waals surface area contributed by atoms with Gasteiger partial charge in [-0.15, -0.1) is 0 Å². The molecule has 0 saturated carbocycles. The molecule has 0 radical (unpaired) electrons. The van der Waals surface area contributed by atoms with E-state index < -0.39 is 0 Å². The summed E-state index contributed by atoms with van der Waals surface area (Å²) in [5.41, 5.74) is 0.